The van der Waals surface area contributed by atoms with Gasteiger partial charge in [-0.15, -0.1) is 24.0 Å². The number of nitrogens with two attached hydrogens (primary N) is 1. The maximum Gasteiger partial charge on any atom is 0.189 e. The SMILES string of the molecule is COc1cc(CN=C(N)NC2CCCCC2)cc(Br)c1OC.I. The summed E-state index contributed by atoms with van der Waals surface area (Å²) in [6.45, 7) is 0.504. The third kappa shape index (κ3) is 6.02. The van der Waals surface area contributed by atoms with Crippen molar-refractivity contribution < 1.29 is 9.47 Å². The molecule has 7 heteroatoms. The van der Waals surface area contributed by atoms with Crippen LogP contribution in [0.1, 0.15) is 37.7 Å². The summed E-state index contributed by atoms with van der Waals surface area (Å²) in [6, 6.07) is 4.36. The van der Waals surface area contributed by atoms with Crippen molar-refractivity contribution in [2.45, 2.75) is 44.7 Å². The number of benzene rings is 1. The molecule has 0 spiro atoms. The second kappa shape index (κ2) is 10.2. The van der Waals surface area contributed by atoms with Crippen LogP contribution in [-0.2, 0) is 6.54 Å². The number of ether oxygens (including phenoxy) is 2. The molecule has 23 heavy (non-hydrogen) atoms. The molecular formula is C16H25BrIN3O2. The summed E-state index contributed by atoms with van der Waals surface area (Å²) in [6.07, 6.45) is 6.23. The van der Waals surface area contributed by atoms with Gasteiger partial charge in [-0.05, 0) is 46.5 Å². The first-order valence-corrected chi connectivity index (χ1v) is 8.40. The van der Waals surface area contributed by atoms with Crippen LogP contribution in [0.5, 0.6) is 11.5 Å². The van der Waals surface area contributed by atoms with E-state index in [9.17, 15) is 0 Å². The summed E-state index contributed by atoms with van der Waals surface area (Å²) >= 11 is 3.49. The predicted molar refractivity (Wildman–Crippen MR) is 108 cm³/mol. The molecule has 0 radical (unpaired) electrons. The van der Waals surface area contributed by atoms with Crippen molar-refractivity contribution in [3.8, 4) is 11.5 Å². The lowest BCUT2D eigenvalue weighted by Crippen LogP contribution is -2.41. The number of aliphatic imine (C=N–C) groups is 1. The lowest BCUT2D eigenvalue weighted by Gasteiger charge is -2.23. The Hall–Kier alpha value is -0.700. The van der Waals surface area contributed by atoms with Crippen LogP contribution in [0, 0.1) is 0 Å². The van der Waals surface area contributed by atoms with Gasteiger partial charge in [0.2, 0.25) is 0 Å². The molecule has 130 valence electrons. The Morgan fingerprint density at radius 1 is 1.26 bits per heavy atom. The quantitative estimate of drug-likeness (QED) is 0.368. The van der Waals surface area contributed by atoms with Crippen LogP contribution in [0.15, 0.2) is 21.6 Å². The summed E-state index contributed by atoms with van der Waals surface area (Å²) in [5.41, 5.74) is 7.00. The van der Waals surface area contributed by atoms with Gasteiger partial charge in [-0.25, -0.2) is 4.99 Å². The van der Waals surface area contributed by atoms with Gasteiger partial charge in [0.15, 0.2) is 17.5 Å². The first-order valence-electron chi connectivity index (χ1n) is 7.61. The Kier molecular flexibility index (Phi) is 9.04. The molecule has 1 aliphatic rings. The van der Waals surface area contributed by atoms with Crippen molar-refractivity contribution in [1.82, 2.24) is 5.32 Å². The Balaban J connectivity index is 0.00000264. The number of guanidine groups is 1. The lowest BCUT2D eigenvalue weighted by atomic mass is 9.96. The summed E-state index contributed by atoms with van der Waals surface area (Å²) < 4.78 is 11.5. The van der Waals surface area contributed by atoms with E-state index in [-0.39, 0.29) is 24.0 Å². The minimum Gasteiger partial charge on any atom is -0.493 e. The molecule has 3 N–H and O–H groups in total. The van der Waals surface area contributed by atoms with Crippen LogP contribution in [0.4, 0.5) is 0 Å². The molecule has 0 heterocycles. The largest absolute Gasteiger partial charge is 0.493 e. The van der Waals surface area contributed by atoms with E-state index in [1.807, 2.05) is 12.1 Å². The summed E-state index contributed by atoms with van der Waals surface area (Å²) in [5, 5.41) is 3.31. The molecule has 0 saturated heterocycles. The highest BCUT2D eigenvalue weighted by atomic mass is 127. The van der Waals surface area contributed by atoms with Crippen LogP contribution in [0.2, 0.25) is 0 Å². The van der Waals surface area contributed by atoms with Crippen LogP contribution in [-0.4, -0.2) is 26.2 Å². The lowest BCUT2D eigenvalue weighted by molar-refractivity contribution is 0.352. The Morgan fingerprint density at radius 3 is 2.57 bits per heavy atom. The van der Waals surface area contributed by atoms with Crippen molar-refractivity contribution >= 4 is 45.9 Å². The molecule has 0 aromatic heterocycles. The van der Waals surface area contributed by atoms with E-state index in [0.717, 1.165) is 10.0 Å². The molecule has 5 nitrogen and oxygen atoms in total. The third-order valence-corrected chi connectivity index (χ3v) is 4.47. The number of nitrogens with one attached hydrogen (secondary N) is 1. The zero-order valence-electron chi connectivity index (χ0n) is 13.6. The van der Waals surface area contributed by atoms with E-state index in [2.05, 4.69) is 26.2 Å². The standard InChI is InChI=1S/C16H24BrN3O2.HI/c1-21-14-9-11(8-13(17)15(14)22-2)10-19-16(18)20-12-6-4-3-5-7-12;/h8-9,12H,3-7,10H2,1-2H3,(H3,18,19,20);1H. The van der Waals surface area contributed by atoms with Gasteiger partial charge < -0.3 is 20.5 Å². The maximum atomic E-state index is 5.99. The highest BCUT2D eigenvalue weighted by molar-refractivity contribution is 14.0. The van der Waals surface area contributed by atoms with Crippen molar-refractivity contribution in [3.05, 3.63) is 22.2 Å². The molecule has 0 aliphatic heterocycles. The Morgan fingerprint density at radius 2 is 1.96 bits per heavy atom. The maximum absolute atomic E-state index is 5.99. The zero-order valence-corrected chi connectivity index (χ0v) is 17.5. The Labute approximate surface area is 163 Å². The highest BCUT2D eigenvalue weighted by Gasteiger charge is 2.14. The second-order valence-electron chi connectivity index (χ2n) is 5.49. The van der Waals surface area contributed by atoms with Crippen LogP contribution >= 0.6 is 39.9 Å². The summed E-state index contributed by atoms with van der Waals surface area (Å²) in [7, 11) is 3.24. The van der Waals surface area contributed by atoms with Gasteiger partial charge in [-0.1, -0.05) is 19.3 Å². The van der Waals surface area contributed by atoms with Gasteiger partial charge in [0.25, 0.3) is 0 Å². The van der Waals surface area contributed by atoms with Crippen LogP contribution in [0.25, 0.3) is 0 Å². The fourth-order valence-corrected chi connectivity index (χ4v) is 3.39. The Bertz CT molecular complexity index is 534. The van der Waals surface area contributed by atoms with Gasteiger partial charge in [-0.3, -0.25) is 0 Å². The number of hydrogen-bond donors (Lipinski definition) is 2. The van der Waals surface area contributed by atoms with E-state index in [1.54, 1.807) is 14.2 Å². The fourth-order valence-electron chi connectivity index (χ4n) is 2.74. The van der Waals surface area contributed by atoms with Crippen LogP contribution < -0.4 is 20.5 Å². The minimum absolute atomic E-state index is 0. The summed E-state index contributed by atoms with van der Waals surface area (Å²) in [4.78, 5) is 4.43. The van der Waals surface area contributed by atoms with Gasteiger partial charge in [0.05, 0.1) is 25.2 Å². The molecular weight excluding hydrogens is 473 g/mol. The highest BCUT2D eigenvalue weighted by Crippen LogP contribution is 2.36. The minimum atomic E-state index is 0. The average molecular weight is 498 g/mol. The van der Waals surface area contributed by atoms with E-state index in [0.29, 0.717) is 30.0 Å². The molecule has 0 unspecified atom stereocenters. The van der Waals surface area contributed by atoms with Gasteiger partial charge >= 0.3 is 0 Å². The van der Waals surface area contributed by atoms with Crippen molar-refractivity contribution in [2.75, 3.05) is 14.2 Å². The smallest absolute Gasteiger partial charge is 0.189 e. The molecule has 0 atom stereocenters. The van der Waals surface area contributed by atoms with Crippen molar-refractivity contribution in [2.24, 2.45) is 10.7 Å². The summed E-state index contributed by atoms with van der Waals surface area (Å²) in [5.74, 6) is 1.88. The van der Waals surface area contributed by atoms with E-state index < -0.39 is 0 Å². The van der Waals surface area contributed by atoms with Gasteiger partial charge in [-0.2, -0.15) is 0 Å². The first kappa shape index (κ1) is 20.3. The number of rotatable bonds is 5. The third-order valence-electron chi connectivity index (χ3n) is 3.88. The molecule has 1 aliphatic carbocycles. The molecule has 0 amide bonds. The van der Waals surface area contributed by atoms with Crippen molar-refractivity contribution in [1.29, 1.82) is 0 Å². The second-order valence-corrected chi connectivity index (χ2v) is 6.35. The fraction of sp³-hybridized carbons (Fsp3) is 0.562. The van der Waals surface area contributed by atoms with E-state index in [1.165, 1.54) is 32.1 Å². The number of nitrogens with zero attached hydrogens (tertiary/aromatic N) is 1. The molecule has 1 aromatic carbocycles. The first-order chi connectivity index (χ1) is 10.6. The topological polar surface area (TPSA) is 68.9 Å². The normalized spacial score (nSPS) is 15.7. The number of methoxy groups -OCH3 is 2. The number of hydrogen-bond acceptors (Lipinski definition) is 3. The monoisotopic (exact) mass is 497 g/mol. The molecule has 1 fully saturated rings. The van der Waals surface area contributed by atoms with E-state index in [4.69, 9.17) is 15.2 Å². The van der Waals surface area contributed by atoms with Crippen LogP contribution in [0.3, 0.4) is 0 Å². The van der Waals surface area contributed by atoms with Gasteiger partial charge in [0, 0.05) is 6.04 Å². The molecule has 2 rings (SSSR count). The zero-order chi connectivity index (χ0) is 15.9. The molecule has 0 bridgehead atoms. The molecule has 1 aromatic rings. The van der Waals surface area contributed by atoms with Gasteiger partial charge in [0.1, 0.15) is 0 Å². The number of halogens is 2. The predicted octanol–water partition coefficient (Wildman–Crippen LogP) is 3.82. The average Bonchev–Trinajstić information content (AvgIpc) is 2.53. The van der Waals surface area contributed by atoms with E-state index >= 15 is 0 Å². The molecule has 1 saturated carbocycles. The van der Waals surface area contributed by atoms with Crippen molar-refractivity contribution in [3.63, 3.8) is 0 Å².